The summed E-state index contributed by atoms with van der Waals surface area (Å²) >= 11 is 10.7. The fraction of sp³-hybridized carbons (Fsp3) is 0.250. The smallest absolute Gasteiger partial charge is 0.355 e. The summed E-state index contributed by atoms with van der Waals surface area (Å²) in [6, 6.07) is 10.1. The van der Waals surface area contributed by atoms with Crippen molar-refractivity contribution in [1.82, 2.24) is 4.57 Å². The summed E-state index contributed by atoms with van der Waals surface area (Å²) in [5, 5.41) is 10.5. The molecule has 1 fully saturated rings. The van der Waals surface area contributed by atoms with Gasteiger partial charge in [0.05, 0.1) is 16.2 Å². The largest absolute Gasteiger partial charge is 0.476 e. The second-order valence-electron chi connectivity index (χ2n) is 6.66. The molecule has 140 valence electrons. The Morgan fingerprint density at radius 2 is 1.89 bits per heavy atom. The van der Waals surface area contributed by atoms with Crippen LogP contribution in [-0.2, 0) is 0 Å². The van der Waals surface area contributed by atoms with Gasteiger partial charge in [-0.1, -0.05) is 17.7 Å². The minimum absolute atomic E-state index is 0.0450. The standard InChI is InChI=1S/C20H18ClFN2O2S/c21-17-14(22)7-8-15-16(17)18(23-9-2-1-3-10-23)19(20(25)26)24(15)12-5-4-6-13(27)11-12/h4-8,11,27H,1-3,9-10H2,(H,25,26). The van der Waals surface area contributed by atoms with Crippen LogP contribution in [0, 0.1) is 5.82 Å². The number of piperidine rings is 1. The molecule has 0 aliphatic carbocycles. The lowest BCUT2D eigenvalue weighted by molar-refractivity contribution is 0.0689. The zero-order valence-corrected chi connectivity index (χ0v) is 16.1. The highest BCUT2D eigenvalue weighted by Crippen LogP contribution is 2.42. The van der Waals surface area contributed by atoms with Gasteiger partial charge < -0.3 is 14.6 Å². The maximum absolute atomic E-state index is 14.3. The summed E-state index contributed by atoms with van der Waals surface area (Å²) in [5.74, 6) is -1.63. The third-order valence-electron chi connectivity index (χ3n) is 4.96. The molecule has 4 rings (SSSR count). The van der Waals surface area contributed by atoms with Gasteiger partial charge in [-0.25, -0.2) is 9.18 Å². The number of hydrogen-bond acceptors (Lipinski definition) is 3. The number of hydrogen-bond donors (Lipinski definition) is 2. The normalized spacial score (nSPS) is 14.7. The highest BCUT2D eigenvalue weighted by atomic mass is 35.5. The minimum atomic E-state index is -1.08. The van der Waals surface area contributed by atoms with Crippen molar-refractivity contribution >= 4 is 46.8 Å². The SMILES string of the molecule is O=C(O)c1c(N2CCCCC2)c2c(Cl)c(F)ccc2n1-c1cccc(S)c1. The van der Waals surface area contributed by atoms with Crippen LogP contribution in [-0.4, -0.2) is 28.7 Å². The van der Waals surface area contributed by atoms with Crippen LogP contribution in [0.4, 0.5) is 10.1 Å². The first-order chi connectivity index (χ1) is 13.0. The number of anilines is 1. The highest BCUT2D eigenvalue weighted by molar-refractivity contribution is 7.80. The lowest BCUT2D eigenvalue weighted by Gasteiger charge is -2.29. The van der Waals surface area contributed by atoms with Gasteiger partial charge in [0.25, 0.3) is 0 Å². The van der Waals surface area contributed by atoms with Crippen LogP contribution in [0.25, 0.3) is 16.6 Å². The Labute approximate surface area is 166 Å². The van der Waals surface area contributed by atoms with Gasteiger partial charge >= 0.3 is 5.97 Å². The van der Waals surface area contributed by atoms with Gasteiger partial charge in [-0.3, -0.25) is 0 Å². The third kappa shape index (κ3) is 3.07. The summed E-state index contributed by atoms with van der Waals surface area (Å²) in [6.45, 7) is 1.44. The molecule has 0 saturated carbocycles. The van der Waals surface area contributed by atoms with E-state index in [1.54, 1.807) is 22.8 Å². The maximum atomic E-state index is 14.3. The molecule has 27 heavy (non-hydrogen) atoms. The van der Waals surface area contributed by atoms with Crippen molar-refractivity contribution in [1.29, 1.82) is 0 Å². The molecule has 3 aromatic rings. The number of carboxylic acid groups (broad SMARTS) is 1. The quantitative estimate of drug-likeness (QED) is 0.574. The van der Waals surface area contributed by atoms with Crippen LogP contribution in [0.1, 0.15) is 29.8 Å². The second-order valence-corrected chi connectivity index (χ2v) is 7.56. The van der Waals surface area contributed by atoms with Crippen LogP contribution >= 0.6 is 24.2 Å². The fourth-order valence-electron chi connectivity index (χ4n) is 3.82. The molecule has 0 radical (unpaired) electrons. The zero-order chi connectivity index (χ0) is 19.1. The van der Waals surface area contributed by atoms with Gasteiger partial charge in [-0.05, 0) is 49.6 Å². The Morgan fingerprint density at radius 3 is 2.56 bits per heavy atom. The average Bonchev–Trinajstić information content (AvgIpc) is 3.01. The fourth-order valence-corrected chi connectivity index (χ4v) is 4.29. The van der Waals surface area contributed by atoms with Gasteiger partial charge in [0.2, 0.25) is 0 Å². The summed E-state index contributed by atoms with van der Waals surface area (Å²) in [5.41, 5.74) is 1.80. The van der Waals surface area contributed by atoms with Gasteiger partial charge in [-0.15, -0.1) is 12.6 Å². The van der Waals surface area contributed by atoms with E-state index in [-0.39, 0.29) is 10.7 Å². The van der Waals surface area contributed by atoms with Crippen molar-refractivity contribution in [3.8, 4) is 5.69 Å². The Balaban J connectivity index is 2.12. The number of halogens is 2. The lowest BCUT2D eigenvalue weighted by atomic mass is 10.1. The Kier molecular flexibility index (Phi) is 4.78. The third-order valence-corrected chi connectivity index (χ3v) is 5.61. The van der Waals surface area contributed by atoms with Crippen molar-refractivity contribution in [3.63, 3.8) is 0 Å². The predicted octanol–water partition coefficient (Wildman–Crippen LogP) is 5.40. The number of nitrogens with zero attached hydrogens (tertiary/aromatic N) is 2. The second kappa shape index (κ2) is 7.09. The first-order valence-electron chi connectivity index (χ1n) is 8.79. The van der Waals surface area contributed by atoms with Crippen LogP contribution in [0.5, 0.6) is 0 Å². The van der Waals surface area contributed by atoms with Crippen LogP contribution in [0.3, 0.4) is 0 Å². The maximum Gasteiger partial charge on any atom is 0.355 e. The molecule has 7 heteroatoms. The summed E-state index contributed by atoms with van der Waals surface area (Å²) in [6.07, 6.45) is 3.02. The molecule has 1 aliphatic heterocycles. The van der Waals surface area contributed by atoms with Gasteiger partial charge in [-0.2, -0.15) is 0 Å². The molecule has 1 aromatic heterocycles. The minimum Gasteiger partial charge on any atom is -0.476 e. The van der Waals surface area contributed by atoms with E-state index in [9.17, 15) is 14.3 Å². The van der Waals surface area contributed by atoms with Gasteiger partial charge in [0.15, 0.2) is 5.69 Å². The number of rotatable bonds is 3. The molecule has 2 aromatic carbocycles. The van der Waals surface area contributed by atoms with E-state index in [0.717, 1.165) is 32.4 Å². The van der Waals surface area contributed by atoms with Crippen molar-refractivity contribution in [3.05, 3.63) is 52.9 Å². The van der Waals surface area contributed by atoms with Gasteiger partial charge in [0, 0.05) is 29.1 Å². The summed E-state index contributed by atoms with van der Waals surface area (Å²) in [4.78, 5) is 15.0. The van der Waals surface area contributed by atoms with Crippen molar-refractivity contribution in [2.75, 3.05) is 18.0 Å². The molecule has 0 spiro atoms. The molecule has 1 N–H and O–H groups in total. The summed E-state index contributed by atoms with van der Waals surface area (Å²) < 4.78 is 15.9. The Morgan fingerprint density at radius 1 is 1.15 bits per heavy atom. The number of fused-ring (bicyclic) bond motifs is 1. The molecule has 0 unspecified atom stereocenters. The van der Waals surface area contributed by atoms with Crippen molar-refractivity contribution in [2.24, 2.45) is 0 Å². The Bertz CT molecular complexity index is 1040. The molecule has 1 aliphatic rings. The molecular weight excluding hydrogens is 387 g/mol. The van der Waals surface area contributed by atoms with E-state index in [4.69, 9.17) is 11.6 Å². The van der Waals surface area contributed by atoms with Crippen LogP contribution in [0.15, 0.2) is 41.3 Å². The topological polar surface area (TPSA) is 45.5 Å². The van der Waals surface area contributed by atoms with Crippen LogP contribution < -0.4 is 4.90 Å². The van der Waals surface area contributed by atoms with Gasteiger partial charge in [0.1, 0.15) is 5.82 Å². The average molecular weight is 405 g/mol. The number of carboxylic acids is 1. The zero-order valence-electron chi connectivity index (χ0n) is 14.5. The lowest BCUT2D eigenvalue weighted by Crippen LogP contribution is -2.30. The molecule has 0 amide bonds. The monoisotopic (exact) mass is 404 g/mol. The first-order valence-corrected chi connectivity index (χ1v) is 9.61. The Hall–Kier alpha value is -2.18. The van der Waals surface area contributed by atoms with E-state index < -0.39 is 11.8 Å². The van der Waals surface area contributed by atoms with Crippen molar-refractivity contribution in [2.45, 2.75) is 24.2 Å². The van der Waals surface area contributed by atoms with E-state index in [1.807, 2.05) is 17.0 Å². The van der Waals surface area contributed by atoms with E-state index in [1.165, 1.54) is 6.07 Å². The number of aromatic carboxylic acids is 1. The molecule has 4 nitrogen and oxygen atoms in total. The van der Waals surface area contributed by atoms with Crippen molar-refractivity contribution < 1.29 is 14.3 Å². The number of benzene rings is 2. The molecule has 2 heterocycles. The molecule has 0 bridgehead atoms. The predicted molar refractivity (Wildman–Crippen MR) is 109 cm³/mol. The molecule has 1 saturated heterocycles. The number of aromatic nitrogens is 1. The molecular formula is C20H18ClFN2O2S. The van der Waals surface area contributed by atoms with E-state index >= 15 is 0 Å². The molecule has 0 atom stereocenters. The number of thiol groups is 1. The first kappa shape index (κ1) is 18.2. The highest BCUT2D eigenvalue weighted by Gasteiger charge is 2.30. The van der Waals surface area contributed by atoms with Crippen LogP contribution in [0.2, 0.25) is 5.02 Å². The van der Waals surface area contributed by atoms with E-state index in [0.29, 0.717) is 27.2 Å². The summed E-state index contributed by atoms with van der Waals surface area (Å²) in [7, 11) is 0. The number of carbonyl (C=O) groups is 1. The van der Waals surface area contributed by atoms with E-state index in [2.05, 4.69) is 12.6 Å².